The van der Waals surface area contributed by atoms with Crippen LogP contribution in [0.5, 0.6) is 0 Å². The molecule has 13 aromatic carbocycles. The van der Waals surface area contributed by atoms with Gasteiger partial charge in [-0.15, -0.1) is 0 Å². The van der Waals surface area contributed by atoms with Crippen molar-refractivity contribution in [1.29, 1.82) is 0 Å². The van der Waals surface area contributed by atoms with Gasteiger partial charge in [-0.05, 0) is 138 Å². The molecule has 2 heteroatoms. The average Bonchev–Trinajstić information content (AvgIpc) is 4.07. The molecular weight excluding hydrogens is 953 g/mol. The molecule has 0 spiro atoms. The molecule has 0 N–H and O–H groups in total. The molecule has 0 fully saturated rings. The molecule has 2 aliphatic rings. The molecule has 0 aliphatic carbocycles. The van der Waals surface area contributed by atoms with Gasteiger partial charge in [0, 0.05) is 22.0 Å². The van der Waals surface area contributed by atoms with Crippen molar-refractivity contribution >= 4 is 60.4 Å². The number of nitrogens with zero attached hydrogens (tertiary/aromatic N) is 2. The van der Waals surface area contributed by atoms with E-state index in [0.29, 0.717) is 6.42 Å². The van der Waals surface area contributed by atoms with E-state index in [0.717, 1.165) is 11.4 Å². The minimum atomic E-state index is -0.807. The Hall–Kier alpha value is -10.0. The number of hydrogen-bond donors (Lipinski definition) is 0. The molecule has 16 rings (SSSR count). The molecule has 0 radical (unpaired) electrons. The summed E-state index contributed by atoms with van der Waals surface area (Å²) in [6.07, 6.45) is 0.704. The van der Waals surface area contributed by atoms with Crippen molar-refractivity contribution in [3.63, 3.8) is 0 Å². The van der Waals surface area contributed by atoms with E-state index in [1.807, 2.05) is 0 Å². The lowest BCUT2D eigenvalue weighted by atomic mass is 9.56. The summed E-state index contributed by atoms with van der Waals surface area (Å²) in [4.78, 5) is 2.69. The maximum atomic E-state index is 2.69. The Morgan fingerprint density at radius 2 is 0.797 bits per heavy atom. The highest BCUT2D eigenvalue weighted by Gasteiger charge is 2.55. The first kappa shape index (κ1) is 45.2. The Labute approximate surface area is 460 Å². The second kappa shape index (κ2) is 17.8. The van der Waals surface area contributed by atoms with E-state index in [4.69, 9.17) is 0 Å². The quantitative estimate of drug-likeness (QED) is 0.147. The standard InChI is InChI=1S/C77H52N2/c1-6-24-52(25-7-1)51-76(57-30-8-2-9-31-57)67-48-55(63-41-22-28-53-26-16-18-38-61(53)63)44-46-71(67)79-72-47-45-56(64-42-23-29-54-27-17-19-39-62(54)64)49-68(72)77(58-32-10-3-11-33-58,59-34-12-4-13-35-59)69-50-66-65-40-20-21-43-70(65)78(60-36-14-5-15-37-60)74(66)73(76)75(69)79/h1-50H,51H2. The molecular formula is C77H52N2. The number of para-hydroxylation sites is 2. The molecule has 0 bridgehead atoms. The second-order valence-corrected chi connectivity index (χ2v) is 21.5. The van der Waals surface area contributed by atoms with Crippen LogP contribution in [0.4, 0.5) is 17.1 Å². The van der Waals surface area contributed by atoms with Crippen molar-refractivity contribution in [3.8, 4) is 27.9 Å². The first-order valence-corrected chi connectivity index (χ1v) is 27.6. The van der Waals surface area contributed by atoms with Gasteiger partial charge in [-0.1, -0.05) is 255 Å². The monoisotopic (exact) mass is 1000 g/mol. The zero-order valence-corrected chi connectivity index (χ0v) is 43.5. The summed E-state index contributed by atoms with van der Waals surface area (Å²) in [5.41, 5.74) is 20.3. The van der Waals surface area contributed by atoms with Crippen molar-refractivity contribution in [1.82, 2.24) is 4.57 Å². The highest BCUT2D eigenvalue weighted by atomic mass is 15.2. The van der Waals surface area contributed by atoms with Gasteiger partial charge >= 0.3 is 0 Å². The van der Waals surface area contributed by atoms with Gasteiger partial charge in [-0.3, -0.25) is 0 Å². The van der Waals surface area contributed by atoms with E-state index in [1.54, 1.807) is 0 Å². The Morgan fingerprint density at radius 1 is 0.329 bits per heavy atom. The Bertz CT molecular complexity index is 4630. The van der Waals surface area contributed by atoms with Crippen molar-refractivity contribution in [2.24, 2.45) is 0 Å². The van der Waals surface area contributed by atoms with Crippen LogP contribution in [0.15, 0.2) is 303 Å². The zero-order valence-electron chi connectivity index (χ0n) is 43.5. The molecule has 2 nitrogen and oxygen atoms in total. The van der Waals surface area contributed by atoms with E-state index in [-0.39, 0.29) is 0 Å². The average molecular weight is 1010 g/mol. The van der Waals surface area contributed by atoms with Crippen LogP contribution in [0.3, 0.4) is 0 Å². The van der Waals surface area contributed by atoms with Crippen molar-refractivity contribution in [2.75, 3.05) is 4.90 Å². The number of anilines is 3. The molecule has 2 aliphatic heterocycles. The summed E-state index contributed by atoms with van der Waals surface area (Å²) in [6, 6.07) is 114. The van der Waals surface area contributed by atoms with Crippen LogP contribution in [-0.2, 0) is 17.3 Å². The van der Waals surface area contributed by atoms with Crippen LogP contribution >= 0.6 is 0 Å². The van der Waals surface area contributed by atoms with Crippen molar-refractivity contribution in [3.05, 3.63) is 348 Å². The second-order valence-electron chi connectivity index (χ2n) is 21.5. The van der Waals surface area contributed by atoms with Crippen LogP contribution in [0.1, 0.15) is 44.5 Å². The lowest BCUT2D eigenvalue weighted by Gasteiger charge is -2.53. The molecule has 79 heavy (non-hydrogen) atoms. The van der Waals surface area contributed by atoms with Crippen molar-refractivity contribution in [2.45, 2.75) is 17.3 Å². The number of benzene rings is 13. The molecule has 14 aromatic rings. The fourth-order valence-corrected chi connectivity index (χ4v) is 14.3. The highest BCUT2D eigenvalue weighted by molar-refractivity contribution is 6.16. The van der Waals surface area contributed by atoms with Crippen LogP contribution in [0, 0.1) is 0 Å². The molecule has 1 atom stereocenters. The van der Waals surface area contributed by atoms with E-state index in [1.165, 1.54) is 121 Å². The molecule has 0 amide bonds. The summed E-state index contributed by atoms with van der Waals surface area (Å²) < 4.78 is 2.59. The maximum absolute atomic E-state index is 2.69. The number of fused-ring (bicyclic) bond motifs is 10. The summed E-state index contributed by atoms with van der Waals surface area (Å²) in [7, 11) is 0. The molecule has 3 heterocycles. The zero-order chi connectivity index (χ0) is 52.1. The van der Waals surface area contributed by atoms with Gasteiger partial charge in [-0.2, -0.15) is 0 Å². The van der Waals surface area contributed by atoms with Gasteiger partial charge in [0.2, 0.25) is 0 Å². The third-order valence-electron chi connectivity index (χ3n) is 17.5. The Balaban J connectivity index is 1.16. The lowest BCUT2D eigenvalue weighted by molar-refractivity contribution is 0.601. The first-order chi connectivity index (χ1) is 39.2. The molecule has 0 saturated heterocycles. The van der Waals surface area contributed by atoms with Gasteiger partial charge in [0.05, 0.1) is 38.9 Å². The largest absolute Gasteiger partial charge is 0.309 e. The summed E-state index contributed by atoms with van der Waals surface area (Å²) >= 11 is 0. The van der Waals surface area contributed by atoms with Gasteiger partial charge in [0.1, 0.15) is 0 Å². The third kappa shape index (κ3) is 6.59. The van der Waals surface area contributed by atoms with Crippen molar-refractivity contribution < 1.29 is 0 Å². The predicted molar refractivity (Wildman–Crippen MR) is 330 cm³/mol. The topological polar surface area (TPSA) is 8.17 Å². The van der Waals surface area contributed by atoms with Gasteiger partial charge < -0.3 is 9.47 Å². The first-order valence-electron chi connectivity index (χ1n) is 27.6. The van der Waals surface area contributed by atoms with Crippen LogP contribution in [0.25, 0.3) is 71.3 Å². The molecule has 370 valence electrons. The number of hydrogen-bond acceptors (Lipinski definition) is 1. The Kier molecular flexibility index (Phi) is 10.2. The normalized spacial score (nSPS) is 15.0. The van der Waals surface area contributed by atoms with Crippen LogP contribution in [0.2, 0.25) is 0 Å². The summed E-state index contributed by atoms with van der Waals surface area (Å²) in [5.74, 6) is 0. The third-order valence-corrected chi connectivity index (χ3v) is 17.5. The minimum absolute atomic E-state index is 0.704. The highest BCUT2D eigenvalue weighted by Crippen LogP contribution is 2.67. The molecule has 0 saturated carbocycles. The fraction of sp³-hybridized carbons (Fsp3) is 0.0390. The number of rotatable bonds is 8. The smallest absolute Gasteiger partial charge is 0.0742 e. The maximum Gasteiger partial charge on any atom is 0.0742 e. The Morgan fingerprint density at radius 3 is 1.39 bits per heavy atom. The fourth-order valence-electron chi connectivity index (χ4n) is 14.3. The summed E-state index contributed by atoms with van der Waals surface area (Å²) in [6.45, 7) is 0. The van der Waals surface area contributed by atoms with Gasteiger partial charge in [0.15, 0.2) is 0 Å². The molecule has 1 aromatic heterocycles. The van der Waals surface area contributed by atoms with E-state index < -0.39 is 10.8 Å². The minimum Gasteiger partial charge on any atom is -0.309 e. The summed E-state index contributed by atoms with van der Waals surface area (Å²) in [5, 5.41) is 7.37. The lowest BCUT2D eigenvalue weighted by Crippen LogP contribution is -2.45. The van der Waals surface area contributed by atoms with Crippen LogP contribution in [-0.4, -0.2) is 4.57 Å². The van der Waals surface area contributed by atoms with Crippen LogP contribution < -0.4 is 4.90 Å². The van der Waals surface area contributed by atoms with Gasteiger partial charge in [-0.25, -0.2) is 0 Å². The molecule has 1 unspecified atom stereocenters. The number of aromatic nitrogens is 1. The van der Waals surface area contributed by atoms with E-state index >= 15 is 0 Å². The van der Waals surface area contributed by atoms with E-state index in [9.17, 15) is 0 Å². The predicted octanol–water partition coefficient (Wildman–Crippen LogP) is 19.5. The SMILES string of the molecule is c1ccc(CC2(c3ccccc3)c3cc(-c4cccc5ccccc45)ccc3N3c4ccc(-c5cccc6ccccc56)cc4C(c4ccccc4)(c4ccccc4)c4cc5c6ccccc6n(-c6ccccc6)c5c2c43)cc1. The van der Waals surface area contributed by atoms with E-state index in [2.05, 4.69) is 313 Å². The van der Waals surface area contributed by atoms with Gasteiger partial charge in [0.25, 0.3) is 0 Å².